The number of urea groups is 1. The summed E-state index contributed by atoms with van der Waals surface area (Å²) in [4.78, 5) is 13.8. The number of halogens is 2. The first-order chi connectivity index (χ1) is 19.4. The highest BCUT2D eigenvalue weighted by atomic mass is 19.1. The first-order valence-electron chi connectivity index (χ1n) is 13.9. The van der Waals surface area contributed by atoms with Crippen LogP contribution in [0.5, 0.6) is 0 Å². The third-order valence-corrected chi connectivity index (χ3v) is 7.82. The number of hydrogen-bond donors (Lipinski definition) is 2. The van der Waals surface area contributed by atoms with Crippen molar-refractivity contribution in [2.75, 3.05) is 11.9 Å². The second-order valence-corrected chi connectivity index (χ2v) is 10.2. The largest absolute Gasteiger partial charge is 0.351 e. The lowest BCUT2D eigenvalue weighted by Gasteiger charge is -2.34. The summed E-state index contributed by atoms with van der Waals surface area (Å²) < 4.78 is 32.9. The maximum absolute atomic E-state index is 15.8. The molecule has 1 atom stereocenters. The van der Waals surface area contributed by atoms with Crippen molar-refractivity contribution in [1.82, 2.24) is 14.7 Å². The number of para-hydroxylation sites is 1. The molecule has 0 fully saturated rings. The van der Waals surface area contributed by atoms with Gasteiger partial charge in [-0.05, 0) is 42.0 Å². The number of carbonyl (C=O) groups is 1. The minimum Gasteiger partial charge on any atom is -0.351 e. The molecule has 4 aromatic rings. The fourth-order valence-electron chi connectivity index (χ4n) is 5.92. The van der Waals surface area contributed by atoms with Crippen LogP contribution in [0.15, 0.2) is 60.7 Å². The van der Waals surface area contributed by atoms with E-state index in [-0.39, 0.29) is 17.3 Å². The molecule has 0 saturated carbocycles. The highest BCUT2D eigenvalue weighted by molar-refractivity contribution is 5.88. The SMILES string of the molecule is CCc1cccc(CC)c1-n1nc2c(c1-c1cc(F)c(NC(N)=O)cc1F)CN(C(CC)c1ccccc1)CC2. The van der Waals surface area contributed by atoms with Crippen molar-refractivity contribution >= 4 is 11.7 Å². The van der Waals surface area contributed by atoms with Crippen LogP contribution in [0, 0.1) is 11.6 Å². The molecular formula is C32H35F2N5O. The van der Waals surface area contributed by atoms with Gasteiger partial charge >= 0.3 is 6.03 Å². The van der Waals surface area contributed by atoms with Gasteiger partial charge in [-0.1, -0.05) is 69.3 Å². The Hall–Kier alpha value is -4.04. The number of carbonyl (C=O) groups excluding carboxylic acids is 1. The summed E-state index contributed by atoms with van der Waals surface area (Å²) in [5.74, 6) is -1.42. The average molecular weight is 544 g/mol. The maximum Gasteiger partial charge on any atom is 0.316 e. The summed E-state index contributed by atoms with van der Waals surface area (Å²) in [5, 5.41) is 7.23. The van der Waals surface area contributed by atoms with Gasteiger partial charge in [0.1, 0.15) is 11.6 Å². The number of anilines is 1. The standard InChI is InChI=1S/C32H35F2N5O/c1-4-20-13-10-14-21(5-2)30(20)39-31(23-17-26(34)28(18-25(23)33)36-32(35)40)24-19-38(16-15-27(24)37-39)29(6-3)22-11-8-7-9-12-22/h7-14,17-18,29H,4-6,15-16,19H2,1-3H3,(H3,35,36,40). The first-order valence-corrected chi connectivity index (χ1v) is 13.9. The second-order valence-electron chi connectivity index (χ2n) is 10.2. The number of primary amides is 1. The molecule has 1 aliphatic rings. The molecule has 2 amide bonds. The van der Waals surface area contributed by atoms with Gasteiger partial charge in [0.25, 0.3) is 0 Å². The van der Waals surface area contributed by atoms with E-state index in [0.29, 0.717) is 18.7 Å². The van der Waals surface area contributed by atoms with E-state index >= 15 is 8.78 Å². The maximum atomic E-state index is 15.8. The monoisotopic (exact) mass is 543 g/mol. The topological polar surface area (TPSA) is 76.2 Å². The number of amides is 2. The van der Waals surface area contributed by atoms with Gasteiger partial charge in [-0.3, -0.25) is 4.90 Å². The Morgan fingerprint density at radius 3 is 2.33 bits per heavy atom. The molecule has 3 aromatic carbocycles. The van der Waals surface area contributed by atoms with Gasteiger partial charge in [0, 0.05) is 42.7 Å². The minimum absolute atomic E-state index is 0.101. The fraction of sp³-hybridized carbons (Fsp3) is 0.312. The van der Waals surface area contributed by atoms with Gasteiger partial charge in [0.05, 0.1) is 22.8 Å². The molecule has 1 aliphatic heterocycles. The summed E-state index contributed by atoms with van der Waals surface area (Å²) >= 11 is 0. The zero-order valence-corrected chi connectivity index (χ0v) is 23.2. The highest BCUT2D eigenvalue weighted by Crippen LogP contribution is 2.39. The zero-order valence-electron chi connectivity index (χ0n) is 23.2. The van der Waals surface area contributed by atoms with Crippen LogP contribution in [0.3, 0.4) is 0 Å². The Morgan fingerprint density at radius 1 is 1.00 bits per heavy atom. The third kappa shape index (κ3) is 5.11. The summed E-state index contributed by atoms with van der Waals surface area (Å²) in [6, 6.07) is 17.9. The quantitative estimate of drug-likeness (QED) is 0.253. The summed E-state index contributed by atoms with van der Waals surface area (Å²) in [5.41, 5.74) is 11.6. The molecule has 0 saturated heterocycles. The molecular weight excluding hydrogens is 508 g/mol. The molecule has 2 heterocycles. The molecule has 0 radical (unpaired) electrons. The number of fused-ring (bicyclic) bond motifs is 1. The van der Waals surface area contributed by atoms with Crippen LogP contribution >= 0.6 is 0 Å². The molecule has 208 valence electrons. The number of benzene rings is 3. The van der Waals surface area contributed by atoms with E-state index in [9.17, 15) is 4.79 Å². The number of rotatable bonds is 8. The van der Waals surface area contributed by atoms with Gasteiger partial charge in [-0.2, -0.15) is 5.10 Å². The average Bonchev–Trinajstić information content (AvgIpc) is 3.33. The van der Waals surface area contributed by atoms with Crippen LogP contribution in [0.1, 0.15) is 61.2 Å². The van der Waals surface area contributed by atoms with Crippen LogP contribution in [0.2, 0.25) is 0 Å². The van der Waals surface area contributed by atoms with Crippen LogP contribution in [-0.2, 0) is 25.8 Å². The number of aromatic nitrogens is 2. The molecule has 1 unspecified atom stereocenters. The van der Waals surface area contributed by atoms with Crippen molar-refractivity contribution < 1.29 is 13.6 Å². The van der Waals surface area contributed by atoms with E-state index in [2.05, 4.69) is 55.3 Å². The van der Waals surface area contributed by atoms with Crippen molar-refractivity contribution in [3.8, 4) is 16.9 Å². The van der Waals surface area contributed by atoms with Crippen molar-refractivity contribution in [3.05, 3.63) is 100 Å². The van der Waals surface area contributed by atoms with Gasteiger partial charge < -0.3 is 11.1 Å². The van der Waals surface area contributed by atoms with E-state index < -0.39 is 17.7 Å². The predicted molar refractivity (Wildman–Crippen MR) is 154 cm³/mol. The Morgan fingerprint density at radius 2 is 1.70 bits per heavy atom. The molecule has 1 aromatic heterocycles. The normalized spacial score (nSPS) is 14.1. The third-order valence-electron chi connectivity index (χ3n) is 7.82. The van der Waals surface area contributed by atoms with Gasteiger partial charge in [-0.25, -0.2) is 18.3 Å². The summed E-state index contributed by atoms with van der Waals surface area (Å²) in [7, 11) is 0. The smallest absolute Gasteiger partial charge is 0.316 e. The number of nitrogens with two attached hydrogens (primary N) is 1. The Kier molecular flexibility index (Phi) is 7.98. The Labute approximate surface area is 233 Å². The molecule has 5 rings (SSSR count). The van der Waals surface area contributed by atoms with E-state index in [4.69, 9.17) is 10.8 Å². The van der Waals surface area contributed by atoms with E-state index in [0.717, 1.165) is 66.0 Å². The molecule has 8 heteroatoms. The molecule has 3 N–H and O–H groups in total. The summed E-state index contributed by atoms with van der Waals surface area (Å²) in [6.07, 6.45) is 3.14. The number of nitrogens with zero attached hydrogens (tertiary/aromatic N) is 3. The number of nitrogens with one attached hydrogen (secondary N) is 1. The van der Waals surface area contributed by atoms with Gasteiger partial charge in [0.15, 0.2) is 0 Å². The number of hydrogen-bond acceptors (Lipinski definition) is 3. The Balaban J connectivity index is 1.72. The van der Waals surface area contributed by atoms with Crippen molar-refractivity contribution in [3.63, 3.8) is 0 Å². The zero-order chi connectivity index (χ0) is 28.4. The van der Waals surface area contributed by atoms with E-state index in [1.165, 1.54) is 5.56 Å². The van der Waals surface area contributed by atoms with Crippen LogP contribution in [-0.4, -0.2) is 27.3 Å². The second kappa shape index (κ2) is 11.6. The lowest BCUT2D eigenvalue weighted by atomic mass is 9.95. The molecule has 40 heavy (non-hydrogen) atoms. The van der Waals surface area contributed by atoms with Crippen LogP contribution in [0.4, 0.5) is 19.3 Å². The van der Waals surface area contributed by atoms with Crippen LogP contribution in [0.25, 0.3) is 16.9 Å². The molecule has 6 nitrogen and oxygen atoms in total. The molecule has 0 spiro atoms. The Bertz CT molecular complexity index is 1510. The highest BCUT2D eigenvalue weighted by Gasteiger charge is 2.32. The summed E-state index contributed by atoms with van der Waals surface area (Å²) in [6.45, 7) is 7.70. The van der Waals surface area contributed by atoms with E-state index in [1.807, 2.05) is 28.9 Å². The van der Waals surface area contributed by atoms with Crippen LogP contribution < -0.4 is 11.1 Å². The lowest BCUT2D eigenvalue weighted by molar-refractivity contribution is 0.174. The fourth-order valence-corrected chi connectivity index (χ4v) is 5.92. The van der Waals surface area contributed by atoms with Crippen molar-refractivity contribution in [1.29, 1.82) is 0 Å². The van der Waals surface area contributed by atoms with E-state index in [1.54, 1.807) is 0 Å². The minimum atomic E-state index is -0.958. The van der Waals surface area contributed by atoms with Crippen molar-refractivity contribution in [2.24, 2.45) is 5.73 Å². The van der Waals surface area contributed by atoms with Crippen molar-refractivity contribution in [2.45, 2.75) is 59.0 Å². The van der Waals surface area contributed by atoms with Gasteiger partial charge in [-0.15, -0.1) is 0 Å². The predicted octanol–water partition coefficient (Wildman–Crippen LogP) is 6.94. The molecule has 0 bridgehead atoms. The first kappa shape index (κ1) is 27.5. The lowest BCUT2D eigenvalue weighted by Crippen LogP contribution is -2.34. The number of aryl methyl sites for hydroxylation is 2. The molecule has 0 aliphatic carbocycles. The van der Waals surface area contributed by atoms with Gasteiger partial charge in [0.2, 0.25) is 0 Å².